The Balaban J connectivity index is 1.66. The summed E-state index contributed by atoms with van der Waals surface area (Å²) < 4.78 is 0. The van der Waals surface area contributed by atoms with Crippen molar-refractivity contribution in [3.05, 3.63) is 46.9 Å². The fourth-order valence-electron chi connectivity index (χ4n) is 2.63. The molecule has 3 heterocycles. The van der Waals surface area contributed by atoms with E-state index in [2.05, 4.69) is 25.5 Å². The van der Waals surface area contributed by atoms with Crippen molar-refractivity contribution >= 4 is 33.6 Å². The van der Waals surface area contributed by atoms with Crippen molar-refractivity contribution in [1.82, 2.24) is 15.0 Å². The number of fused-ring (bicyclic) bond motifs is 3. The molecule has 0 unspecified atom stereocenters. The molecule has 0 radical (unpaired) electrons. The number of hydrazone groups is 1. The minimum atomic E-state index is 0.791. The summed E-state index contributed by atoms with van der Waals surface area (Å²) in [4.78, 5) is 15.3. The number of thiophene rings is 1. The van der Waals surface area contributed by atoms with E-state index >= 15 is 0 Å². The molecule has 21 heavy (non-hydrogen) atoms. The molecule has 0 aliphatic heterocycles. The lowest BCUT2D eigenvalue weighted by Gasteiger charge is -2.02. The quantitative estimate of drug-likeness (QED) is 0.596. The lowest BCUT2D eigenvalue weighted by molar-refractivity contribution is 0.917. The van der Waals surface area contributed by atoms with Crippen LogP contribution in [0.25, 0.3) is 10.2 Å². The summed E-state index contributed by atoms with van der Waals surface area (Å²) >= 11 is 1.78. The number of hydrogen-bond donors (Lipinski definition) is 1. The van der Waals surface area contributed by atoms with Crippen LogP contribution in [-0.4, -0.2) is 21.2 Å². The van der Waals surface area contributed by atoms with Gasteiger partial charge in [0.1, 0.15) is 11.2 Å². The maximum atomic E-state index is 4.38. The lowest BCUT2D eigenvalue weighted by atomic mass is 10.2. The molecule has 3 aromatic rings. The van der Waals surface area contributed by atoms with Crippen LogP contribution in [0.15, 0.2) is 36.0 Å². The molecule has 0 saturated heterocycles. The zero-order valence-electron chi connectivity index (χ0n) is 11.3. The zero-order valence-corrected chi connectivity index (χ0v) is 12.1. The molecule has 0 spiro atoms. The molecule has 4 rings (SSSR count). The molecule has 3 aromatic heterocycles. The summed E-state index contributed by atoms with van der Waals surface area (Å²) in [5.41, 5.74) is 5.40. The Morgan fingerprint density at radius 2 is 2.29 bits per heavy atom. The third-order valence-corrected chi connectivity index (χ3v) is 4.77. The van der Waals surface area contributed by atoms with E-state index in [-0.39, 0.29) is 0 Å². The number of aromatic nitrogens is 3. The molecule has 0 bridgehead atoms. The Morgan fingerprint density at radius 1 is 1.29 bits per heavy atom. The van der Waals surface area contributed by atoms with Gasteiger partial charge in [-0.05, 0) is 30.9 Å². The van der Waals surface area contributed by atoms with E-state index in [1.165, 1.54) is 16.9 Å². The Morgan fingerprint density at radius 3 is 3.19 bits per heavy atom. The van der Waals surface area contributed by atoms with Gasteiger partial charge in [0.05, 0.1) is 11.6 Å². The Labute approximate surface area is 125 Å². The lowest BCUT2D eigenvalue weighted by Crippen LogP contribution is -1.96. The molecule has 0 atom stereocenters. The fourth-order valence-corrected chi connectivity index (χ4v) is 3.86. The number of anilines is 1. The third-order valence-electron chi connectivity index (χ3n) is 3.57. The van der Waals surface area contributed by atoms with Crippen molar-refractivity contribution in [2.24, 2.45) is 5.10 Å². The first-order valence-corrected chi connectivity index (χ1v) is 7.68. The van der Waals surface area contributed by atoms with Gasteiger partial charge in [-0.2, -0.15) is 5.10 Å². The molecule has 1 N–H and O–H groups in total. The van der Waals surface area contributed by atoms with Crippen molar-refractivity contribution in [2.45, 2.75) is 19.3 Å². The first-order valence-electron chi connectivity index (χ1n) is 6.86. The predicted molar refractivity (Wildman–Crippen MR) is 84.9 cm³/mol. The SMILES string of the molecule is C(=NNc1ncnc2sc3c(c12)CCC3)c1cccnc1. The third kappa shape index (κ3) is 2.27. The van der Waals surface area contributed by atoms with E-state index in [9.17, 15) is 0 Å². The molecular formula is C15H13N5S. The van der Waals surface area contributed by atoms with Gasteiger partial charge in [-0.3, -0.25) is 10.4 Å². The summed E-state index contributed by atoms with van der Waals surface area (Å²) in [6, 6.07) is 3.84. The molecule has 1 aliphatic carbocycles. The van der Waals surface area contributed by atoms with Gasteiger partial charge in [0, 0.05) is 22.8 Å². The van der Waals surface area contributed by atoms with E-state index in [0.29, 0.717) is 0 Å². The monoisotopic (exact) mass is 295 g/mol. The van der Waals surface area contributed by atoms with Crippen LogP contribution in [0.2, 0.25) is 0 Å². The Hall–Kier alpha value is -2.34. The van der Waals surface area contributed by atoms with Gasteiger partial charge >= 0.3 is 0 Å². The van der Waals surface area contributed by atoms with Crippen molar-refractivity contribution in [3.63, 3.8) is 0 Å². The van der Waals surface area contributed by atoms with Crippen LogP contribution in [0.3, 0.4) is 0 Å². The summed E-state index contributed by atoms with van der Waals surface area (Å²) in [5, 5.41) is 5.40. The smallest absolute Gasteiger partial charge is 0.158 e. The summed E-state index contributed by atoms with van der Waals surface area (Å²) in [5.74, 6) is 0.791. The van der Waals surface area contributed by atoms with Crippen LogP contribution in [0.1, 0.15) is 22.4 Å². The van der Waals surface area contributed by atoms with Crippen LogP contribution in [0.5, 0.6) is 0 Å². The average molecular weight is 295 g/mol. The molecular weight excluding hydrogens is 282 g/mol. The highest BCUT2D eigenvalue weighted by Crippen LogP contribution is 2.38. The second-order valence-electron chi connectivity index (χ2n) is 4.92. The van der Waals surface area contributed by atoms with Crippen molar-refractivity contribution in [1.29, 1.82) is 0 Å². The molecule has 0 saturated carbocycles. The highest BCUT2D eigenvalue weighted by atomic mass is 32.1. The fraction of sp³-hybridized carbons (Fsp3) is 0.200. The van der Waals surface area contributed by atoms with E-state index in [1.54, 1.807) is 36.3 Å². The van der Waals surface area contributed by atoms with Crippen molar-refractivity contribution in [2.75, 3.05) is 5.43 Å². The van der Waals surface area contributed by atoms with E-state index < -0.39 is 0 Å². The van der Waals surface area contributed by atoms with Crippen molar-refractivity contribution in [3.8, 4) is 0 Å². The molecule has 6 heteroatoms. The molecule has 0 fully saturated rings. The minimum Gasteiger partial charge on any atom is -0.264 e. The van der Waals surface area contributed by atoms with Gasteiger partial charge in [0.15, 0.2) is 5.82 Å². The van der Waals surface area contributed by atoms with Crippen LogP contribution in [-0.2, 0) is 12.8 Å². The number of rotatable bonds is 3. The van der Waals surface area contributed by atoms with E-state index in [0.717, 1.165) is 34.4 Å². The zero-order chi connectivity index (χ0) is 14.1. The van der Waals surface area contributed by atoms with Gasteiger partial charge in [-0.25, -0.2) is 9.97 Å². The minimum absolute atomic E-state index is 0.791. The number of hydrogen-bond acceptors (Lipinski definition) is 6. The van der Waals surface area contributed by atoms with Crippen LogP contribution in [0.4, 0.5) is 5.82 Å². The van der Waals surface area contributed by atoms with Crippen molar-refractivity contribution < 1.29 is 0 Å². The second-order valence-corrected chi connectivity index (χ2v) is 6.00. The highest BCUT2D eigenvalue weighted by molar-refractivity contribution is 7.19. The second kappa shape index (κ2) is 5.21. The number of pyridine rings is 1. The van der Waals surface area contributed by atoms with E-state index in [4.69, 9.17) is 0 Å². The van der Waals surface area contributed by atoms with E-state index in [1.807, 2.05) is 12.1 Å². The first kappa shape index (κ1) is 12.4. The van der Waals surface area contributed by atoms with Crippen LogP contribution < -0.4 is 5.43 Å². The molecule has 0 amide bonds. The number of nitrogens with one attached hydrogen (secondary N) is 1. The largest absolute Gasteiger partial charge is 0.264 e. The van der Waals surface area contributed by atoms with Crippen LogP contribution >= 0.6 is 11.3 Å². The normalized spacial score (nSPS) is 13.9. The van der Waals surface area contributed by atoms with Gasteiger partial charge in [0.25, 0.3) is 0 Å². The Kier molecular flexibility index (Phi) is 3.08. The maximum Gasteiger partial charge on any atom is 0.158 e. The Bertz CT molecular complexity index is 810. The van der Waals surface area contributed by atoms with Gasteiger partial charge < -0.3 is 0 Å². The first-order chi connectivity index (χ1) is 10.4. The summed E-state index contributed by atoms with van der Waals surface area (Å²) in [6.07, 6.45) is 10.3. The number of nitrogens with zero attached hydrogens (tertiary/aromatic N) is 4. The molecule has 104 valence electrons. The standard InChI is InChI=1S/C15H13N5S/c1-4-11-12(5-1)21-15-13(11)14(17-9-18-15)20-19-8-10-3-2-6-16-7-10/h2-3,6-9H,1,4-5H2,(H,17,18,20). The molecule has 5 nitrogen and oxygen atoms in total. The summed E-state index contributed by atoms with van der Waals surface area (Å²) in [6.45, 7) is 0. The molecule has 1 aliphatic rings. The maximum absolute atomic E-state index is 4.38. The number of aryl methyl sites for hydroxylation is 2. The topological polar surface area (TPSA) is 63.1 Å². The molecule has 0 aromatic carbocycles. The van der Waals surface area contributed by atoms with Gasteiger partial charge in [-0.1, -0.05) is 6.07 Å². The predicted octanol–water partition coefficient (Wildman–Crippen LogP) is 3.02. The van der Waals surface area contributed by atoms with Gasteiger partial charge in [-0.15, -0.1) is 11.3 Å². The van der Waals surface area contributed by atoms with Crippen LogP contribution in [0, 0.1) is 0 Å². The average Bonchev–Trinajstić information content (AvgIpc) is 3.09. The highest BCUT2D eigenvalue weighted by Gasteiger charge is 2.20. The summed E-state index contributed by atoms with van der Waals surface area (Å²) in [7, 11) is 0. The van der Waals surface area contributed by atoms with Gasteiger partial charge in [0.2, 0.25) is 0 Å².